The molecule has 0 saturated carbocycles. The highest BCUT2D eigenvalue weighted by molar-refractivity contribution is 7.91. The lowest BCUT2D eigenvalue weighted by Crippen LogP contribution is -2.42. The first-order chi connectivity index (χ1) is 19.4. The molecule has 3 heterocycles. The number of nitrogens with zero attached hydrogens (tertiary/aromatic N) is 2. The summed E-state index contributed by atoms with van der Waals surface area (Å²) in [7, 11) is -3.63. The second-order valence-electron chi connectivity index (χ2n) is 11.2. The van der Waals surface area contributed by atoms with Gasteiger partial charge >= 0.3 is 0 Å². The fourth-order valence-electron chi connectivity index (χ4n) is 6.35. The molecule has 0 atom stereocenters. The molecule has 210 valence electrons. The van der Waals surface area contributed by atoms with Gasteiger partial charge in [0.1, 0.15) is 0 Å². The van der Waals surface area contributed by atoms with E-state index in [4.69, 9.17) is 9.47 Å². The highest BCUT2D eigenvalue weighted by Gasteiger charge is 2.31. The lowest BCUT2D eigenvalue weighted by molar-refractivity contribution is 0.0598. The Morgan fingerprint density at radius 2 is 1.43 bits per heavy atom. The number of piperidine rings is 2. The summed E-state index contributed by atoms with van der Waals surface area (Å²) in [5.41, 5.74) is 2.99. The van der Waals surface area contributed by atoms with Gasteiger partial charge in [-0.05, 0) is 99.0 Å². The number of carbonyl (C=O) groups excluding carboxylic acids is 1. The van der Waals surface area contributed by atoms with E-state index in [2.05, 4.69) is 4.90 Å². The molecule has 0 aromatic heterocycles. The summed E-state index contributed by atoms with van der Waals surface area (Å²) in [5, 5.41) is 0. The number of aryl methyl sites for hydroxylation is 1. The van der Waals surface area contributed by atoms with E-state index < -0.39 is 9.84 Å². The van der Waals surface area contributed by atoms with E-state index in [0.717, 1.165) is 62.3 Å². The molecule has 3 aromatic rings. The van der Waals surface area contributed by atoms with Crippen molar-refractivity contribution in [1.82, 2.24) is 9.80 Å². The maximum absolute atomic E-state index is 13.1. The molecule has 6 rings (SSSR count). The van der Waals surface area contributed by atoms with Crippen LogP contribution in [0.2, 0.25) is 0 Å². The topological polar surface area (TPSA) is 76.2 Å². The molecule has 3 aliphatic rings. The number of sulfone groups is 1. The number of likely N-dealkylation sites (tertiary alicyclic amines) is 2. The summed E-state index contributed by atoms with van der Waals surface area (Å²) >= 11 is 0. The van der Waals surface area contributed by atoms with E-state index >= 15 is 0 Å². The fourth-order valence-corrected chi connectivity index (χ4v) is 7.63. The number of fused-ring (bicyclic) bond motifs is 1. The molecular formula is C32H36N2O5S. The molecule has 0 spiro atoms. The van der Waals surface area contributed by atoms with Gasteiger partial charge in [-0.2, -0.15) is 0 Å². The van der Waals surface area contributed by atoms with Gasteiger partial charge in [0.2, 0.25) is 16.6 Å². The van der Waals surface area contributed by atoms with Crippen LogP contribution in [0.25, 0.3) is 0 Å². The third-order valence-electron chi connectivity index (χ3n) is 8.80. The van der Waals surface area contributed by atoms with Gasteiger partial charge in [-0.1, -0.05) is 30.3 Å². The van der Waals surface area contributed by atoms with Gasteiger partial charge in [0.05, 0.1) is 9.79 Å². The number of ether oxygens (including phenoxy) is 2. The van der Waals surface area contributed by atoms with E-state index in [-0.39, 0.29) is 22.5 Å². The molecule has 0 N–H and O–H groups in total. The van der Waals surface area contributed by atoms with Gasteiger partial charge in [-0.25, -0.2) is 8.42 Å². The van der Waals surface area contributed by atoms with Crippen LogP contribution in [0.15, 0.2) is 76.5 Å². The van der Waals surface area contributed by atoms with Gasteiger partial charge in [0, 0.05) is 31.3 Å². The summed E-state index contributed by atoms with van der Waals surface area (Å²) < 4.78 is 36.9. The summed E-state index contributed by atoms with van der Waals surface area (Å²) in [5.74, 6) is 2.59. The number of hydrogen-bond donors (Lipinski definition) is 0. The first-order valence-electron chi connectivity index (χ1n) is 14.2. The summed E-state index contributed by atoms with van der Waals surface area (Å²) in [4.78, 5) is 18.0. The highest BCUT2D eigenvalue weighted by atomic mass is 32.2. The molecule has 0 bridgehead atoms. The van der Waals surface area contributed by atoms with Crippen molar-refractivity contribution in [2.75, 3.05) is 33.0 Å². The van der Waals surface area contributed by atoms with Crippen molar-refractivity contribution in [3.05, 3.63) is 83.4 Å². The Bertz CT molecular complexity index is 1470. The SMILES string of the molecule is Cc1ccccc1C(=O)N1CCC(C2CCN(Cc3ccc(S(=O)(=O)c4ccc5c(c4)OCO5)cc3)CC2)CC1. The van der Waals surface area contributed by atoms with Crippen LogP contribution in [0, 0.1) is 18.8 Å². The third-order valence-corrected chi connectivity index (χ3v) is 10.6. The maximum atomic E-state index is 13.1. The van der Waals surface area contributed by atoms with E-state index in [1.54, 1.807) is 24.3 Å². The Morgan fingerprint density at radius 1 is 0.800 bits per heavy atom. The molecular weight excluding hydrogens is 524 g/mol. The van der Waals surface area contributed by atoms with Crippen LogP contribution >= 0.6 is 0 Å². The quantitative estimate of drug-likeness (QED) is 0.406. The van der Waals surface area contributed by atoms with Gasteiger partial charge in [0.15, 0.2) is 11.5 Å². The lowest BCUT2D eigenvalue weighted by Gasteiger charge is -2.40. The van der Waals surface area contributed by atoms with Crippen LogP contribution in [0.3, 0.4) is 0 Å². The van der Waals surface area contributed by atoms with Crippen molar-refractivity contribution in [2.24, 2.45) is 11.8 Å². The summed E-state index contributed by atoms with van der Waals surface area (Å²) in [6, 6.07) is 19.8. The standard InChI is InChI=1S/C32H36N2O5S/c1-23-4-2-3-5-29(23)32(35)34-18-14-26(15-19-34)25-12-16-33(17-13-25)21-24-6-8-27(9-7-24)40(36,37)28-10-11-30-31(20-28)39-22-38-30/h2-11,20,25-26H,12-19,21-22H2,1H3. The van der Waals surface area contributed by atoms with Gasteiger partial charge in [0.25, 0.3) is 5.91 Å². The van der Waals surface area contributed by atoms with Crippen molar-refractivity contribution in [3.8, 4) is 11.5 Å². The molecule has 40 heavy (non-hydrogen) atoms. The van der Waals surface area contributed by atoms with E-state index in [1.165, 1.54) is 18.9 Å². The van der Waals surface area contributed by atoms with Gasteiger partial charge in [-0.15, -0.1) is 0 Å². The molecule has 7 nitrogen and oxygen atoms in total. The fraction of sp³-hybridized carbons (Fsp3) is 0.406. The van der Waals surface area contributed by atoms with Gasteiger partial charge in [-0.3, -0.25) is 9.69 Å². The number of hydrogen-bond acceptors (Lipinski definition) is 6. The Kier molecular flexibility index (Phi) is 7.55. The Balaban J connectivity index is 0.991. The van der Waals surface area contributed by atoms with Crippen LogP contribution < -0.4 is 9.47 Å². The minimum Gasteiger partial charge on any atom is -0.454 e. The molecule has 0 unspecified atom stereocenters. The first-order valence-corrected chi connectivity index (χ1v) is 15.7. The predicted octanol–water partition coefficient (Wildman–Crippen LogP) is 5.32. The predicted molar refractivity (Wildman–Crippen MR) is 152 cm³/mol. The van der Waals surface area contributed by atoms with Crippen molar-refractivity contribution in [2.45, 2.75) is 48.9 Å². The number of carbonyl (C=O) groups is 1. The zero-order valence-corrected chi connectivity index (χ0v) is 23.7. The molecule has 3 aromatic carbocycles. The van der Waals surface area contributed by atoms with E-state index in [1.807, 2.05) is 48.2 Å². The Morgan fingerprint density at radius 3 is 2.12 bits per heavy atom. The maximum Gasteiger partial charge on any atom is 0.254 e. The van der Waals surface area contributed by atoms with Crippen LogP contribution in [0.5, 0.6) is 11.5 Å². The lowest BCUT2D eigenvalue weighted by atomic mass is 9.78. The molecule has 1 amide bonds. The minimum absolute atomic E-state index is 0.111. The molecule has 0 aliphatic carbocycles. The summed E-state index contributed by atoms with van der Waals surface area (Å²) in [6.07, 6.45) is 4.52. The van der Waals surface area contributed by atoms with Crippen molar-refractivity contribution in [3.63, 3.8) is 0 Å². The molecule has 2 saturated heterocycles. The number of benzene rings is 3. The Labute approximate surface area is 236 Å². The summed E-state index contributed by atoms with van der Waals surface area (Å²) in [6.45, 7) is 6.72. The van der Waals surface area contributed by atoms with Crippen molar-refractivity contribution >= 4 is 15.7 Å². The average Bonchev–Trinajstić information content (AvgIpc) is 3.46. The molecule has 2 fully saturated rings. The smallest absolute Gasteiger partial charge is 0.254 e. The van der Waals surface area contributed by atoms with Crippen LogP contribution in [0.4, 0.5) is 0 Å². The zero-order valence-electron chi connectivity index (χ0n) is 22.9. The van der Waals surface area contributed by atoms with Crippen molar-refractivity contribution < 1.29 is 22.7 Å². The van der Waals surface area contributed by atoms with E-state index in [9.17, 15) is 13.2 Å². The Hall–Kier alpha value is -3.36. The van der Waals surface area contributed by atoms with Gasteiger partial charge < -0.3 is 14.4 Å². The second kappa shape index (κ2) is 11.3. The monoisotopic (exact) mass is 560 g/mol. The third kappa shape index (κ3) is 5.47. The highest BCUT2D eigenvalue weighted by Crippen LogP contribution is 2.36. The second-order valence-corrected chi connectivity index (χ2v) is 13.2. The first kappa shape index (κ1) is 26.8. The zero-order chi connectivity index (χ0) is 27.7. The van der Waals surface area contributed by atoms with Crippen molar-refractivity contribution in [1.29, 1.82) is 0 Å². The molecule has 3 aliphatic heterocycles. The molecule has 8 heteroatoms. The minimum atomic E-state index is -3.63. The van der Waals surface area contributed by atoms with Crippen LogP contribution in [-0.2, 0) is 16.4 Å². The normalized spacial score (nSPS) is 18.7. The largest absolute Gasteiger partial charge is 0.454 e. The van der Waals surface area contributed by atoms with Crippen LogP contribution in [0.1, 0.15) is 47.2 Å². The number of rotatable bonds is 6. The average molecular weight is 561 g/mol. The van der Waals surface area contributed by atoms with E-state index in [0.29, 0.717) is 23.3 Å². The molecule has 0 radical (unpaired) electrons. The van der Waals surface area contributed by atoms with Crippen LogP contribution in [-0.4, -0.2) is 57.1 Å². The number of amides is 1.